The lowest BCUT2D eigenvalue weighted by Crippen LogP contribution is -2.23. The van der Waals surface area contributed by atoms with E-state index in [4.69, 9.17) is 5.21 Å². The number of carbonyl (C=O) groups excluding carboxylic acids is 1. The average molecular weight is 189 g/mol. The third-order valence-corrected chi connectivity index (χ3v) is 1.07. The third-order valence-electron chi connectivity index (χ3n) is 1.07. The van der Waals surface area contributed by atoms with E-state index in [1.807, 2.05) is 0 Å². The standard InChI is InChI=1S/C7H13N2O4/c1-4-13-7(10)6(9(11)12)5-8(2)3/h5,11H,4H2,1-3H3/q-1/b6-5-. The molecular weight excluding hydrogens is 176 g/mol. The smallest absolute Gasteiger partial charge is 0.357 e. The normalized spacial score (nSPS) is 11.0. The second kappa shape index (κ2) is 5.39. The van der Waals surface area contributed by atoms with Crippen LogP contribution in [0.3, 0.4) is 0 Å². The number of hydrogen-bond donors (Lipinski definition) is 1. The topological polar surface area (TPSA) is 76.1 Å². The molecule has 0 saturated heterocycles. The van der Waals surface area contributed by atoms with Crippen molar-refractivity contribution in [3.8, 4) is 0 Å². The Bertz CT molecular complexity index is 201. The van der Waals surface area contributed by atoms with Crippen LogP contribution in [0.2, 0.25) is 0 Å². The van der Waals surface area contributed by atoms with Crippen LogP contribution in [-0.2, 0) is 9.53 Å². The van der Waals surface area contributed by atoms with Gasteiger partial charge in [0.2, 0.25) is 0 Å². The lowest BCUT2D eigenvalue weighted by atomic mass is 10.5. The van der Waals surface area contributed by atoms with Gasteiger partial charge in [0.25, 0.3) is 0 Å². The van der Waals surface area contributed by atoms with Crippen molar-refractivity contribution in [2.45, 2.75) is 6.92 Å². The molecule has 13 heavy (non-hydrogen) atoms. The van der Waals surface area contributed by atoms with Crippen molar-refractivity contribution in [1.29, 1.82) is 0 Å². The molecule has 0 aromatic rings. The summed E-state index contributed by atoms with van der Waals surface area (Å²) in [6.45, 7) is 1.76. The molecule has 0 aliphatic heterocycles. The first-order valence-electron chi connectivity index (χ1n) is 3.70. The van der Waals surface area contributed by atoms with E-state index in [0.29, 0.717) is 0 Å². The van der Waals surface area contributed by atoms with Gasteiger partial charge >= 0.3 is 5.97 Å². The summed E-state index contributed by atoms with van der Waals surface area (Å²) in [4.78, 5) is 12.5. The zero-order valence-corrected chi connectivity index (χ0v) is 7.85. The summed E-state index contributed by atoms with van der Waals surface area (Å²) in [7, 11) is 3.23. The minimum Gasteiger partial charge on any atom is -0.733 e. The molecular formula is C7H13N2O4-. The molecule has 0 unspecified atom stereocenters. The Kier molecular flexibility index (Phi) is 4.86. The summed E-state index contributed by atoms with van der Waals surface area (Å²) < 4.78 is 4.53. The molecule has 76 valence electrons. The number of nitrogens with zero attached hydrogens (tertiary/aromatic N) is 2. The highest BCUT2D eigenvalue weighted by atomic mass is 16.8. The van der Waals surface area contributed by atoms with Gasteiger partial charge in [0, 0.05) is 20.3 Å². The van der Waals surface area contributed by atoms with Gasteiger partial charge in [-0.3, -0.25) is 5.21 Å². The Morgan fingerprint density at radius 1 is 1.62 bits per heavy atom. The van der Waals surface area contributed by atoms with Gasteiger partial charge in [-0.2, -0.15) is 0 Å². The highest BCUT2D eigenvalue weighted by Crippen LogP contribution is 2.02. The molecule has 0 atom stereocenters. The Balaban J connectivity index is 4.51. The lowest BCUT2D eigenvalue weighted by Gasteiger charge is -2.24. The molecule has 0 rings (SSSR count). The van der Waals surface area contributed by atoms with Gasteiger partial charge in [-0.15, -0.1) is 0 Å². The van der Waals surface area contributed by atoms with E-state index in [-0.39, 0.29) is 6.61 Å². The second-order valence-corrected chi connectivity index (χ2v) is 2.47. The summed E-state index contributed by atoms with van der Waals surface area (Å²) in [6.07, 6.45) is 1.17. The van der Waals surface area contributed by atoms with Crippen LogP contribution in [0.1, 0.15) is 6.92 Å². The maximum atomic E-state index is 11.0. The van der Waals surface area contributed by atoms with Gasteiger partial charge in [-0.1, -0.05) is 0 Å². The Labute approximate surface area is 76.5 Å². The zero-order valence-electron chi connectivity index (χ0n) is 7.85. The van der Waals surface area contributed by atoms with Crippen molar-refractivity contribution in [2.24, 2.45) is 0 Å². The van der Waals surface area contributed by atoms with E-state index >= 15 is 0 Å². The summed E-state index contributed by atoms with van der Waals surface area (Å²) in [6, 6.07) is 0. The van der Waals surface area contributed by atoms with Crippen LogP contribution in [0.15, 0.2) is 11.9 Å². The van der Waals surface area contributed by atoms with Crippen molar-refractivity contribution in [3.05, 3.63) is 17.1 Å². The zero-order chi connectivity index (χ0) is 10.4. The number of hydroxylamine groups is 2. The van der Waals surface area contributed by atoms with E-state index in [9.17, 15) is 10.0 Å². The van der Waals surface area contributed by atoms with E-state index in [1.165, 1.54) is 11.1 Å². The molecule has 0 bridgehead atoms. The third kappa shape index (κ3) is 4.34. The van der Waals surface area contributed by atoms with Crippen LogP contribution in [0, 0.1) is 5.21 Å². The number of carbonyl (C=O) groups is 1. The van der Waals surface area contributed by atoms with E-state index in [1.54, 1.807) is 21.0 Å². The van der Waals surface area contributed by atoms with Crippen LogP contribution in [0.5, 0.6) is 0 Å². The summed E-state index contributed by atoms with van der Waals surface area (Å²) >= 11 is 0. The van der Waals surface area contributed by atoms with Crippen molar-refractivity contribution < 1.29 is 14.7 Å². The minimum atomic E-state index is -0.853. The molecule has 0 aliphatic carbocycles. The molecule has 0 radical (unpaired) electrons. The molecule has 1 N–H and O–H groups in total. The first kappa shape index (κ1) is 11.7. The Morgan fingerprint density at radius 3 is 2.46 bits per heavy atom. The van der Waals surface area contributed by atoms with Crippen molar-refractivity contribution in [2.75, 3.05) is 20.7 Å². The van der Waals surface area contributed by atoms with Crippen LogP contribution in [-0.4, -0.2) is 42.0 Å². The fourth-order valence-electron chi connectivity index (χ4n) is 0.630. The van der Waals surface area contributed by atoms with E-state index in [0.717, 1.165) is 0 Å². The number of hydrogen-bond acceptors (Lipinski definition) is 6. The molecule has 0 fully saturated rings. The van der Waals surface area contributed by atoms with Gasteiger partial charge in [-0.05, 0) is 6.92 Å². The van der Waals surface area contributed by atoms with Crippen LogP contribution < -0.4 is 0 Å². The lowest BCUT2D eigenvalue weighted by molar-refractivity contribution is -0.144. The molecule has 6 heteroatoms. The second-order valence-electron chi connectivity index (χ2n) is 2.47. The maximum Gasteiger partial charge on any atom is 0.357 e. The Morgan fingerprint density at radius 2 is 2.15 bits per heavy atom. The molecule has 0 heterocycles. The van der Waals surface area contributed by atoms with Gasteiger partial charge in [0.15, 0.2) is 5.70 Å². The van der Waals surface area contributed by atoms with Crippen LogP contribution >= 0.6 is 0 Å². The average Bonchev–Trinajstić information content (AvgIpc) is 1.99. The van der Waals surface area contributed by atoms with Gasteiger partial charge in [0.05, 0.1) is 6.61 Å². The summed E-state index contributed by atoms with van der Waals surface area (Å²) in [5.41, 5.74) is -0.452. The molecule has 0 amide bonds. The van der Waals surface area contributed by atoms with E-state index < -0.39 is 16.9 Å². The predicted octanol–water partition coefficient (Wildman–Crippen LogP) is 0.142. The first-order valence-corrected chi connectivity index (χ1v) is 3.70. The monoisotopic (exact) mass is 189 g/mol. The molecule has 0 aromatic heterocycles. The Hall–Kier alpha value is -1.27. The number of rotatable bonds is 4. The van der Waals surface area contributed by atoms with Gasteiger partial charge in [0.1, 0.15) is 0 Å². The molecule has 0 spiro atoms. The largest absolute Gasteiger partial charge is 0.733 e. The highest BCUT2D eigenvalue weighted by Gasteiger charge is 2.11. The van der Waals surface area contributed by atoms with Crippen molar-refractivity contribution >= 4 is 5.97 Å². The van der Waals surface area contributed by atoms with Crippen molar-refractivity contribution in [3.63, 3.8) is 0 Å². The maximum absolute atomic E-state index is 11.0. The number of ether oxygens (including phenoxy) is 1. The van der Waals surface area contributed by atoms with Gasteiger partial charge < -0.3 is 20.1 Å². The van der Waals surface area contributed by atoms with Gasteiger partial charge in [-0.25, -0.2) is 4.79 Å². The first-order chi connectivity index (χ1) is 5.99. The fourth-order valence-corrected chi connectivity index (χ4v) is 0.630. The fraction of sp³-hybridized carbons (Fsp3) is 0.571. The summed E-state index contributed by atoms with van der Waals surface area (Å²) in [5, 5.41) is 18.5. The number of esters is 1. The minimum absolute atomic E-state index is 0.150. The molecule has 0 aromatic carbocycles. The van der Waals surface area contributed by atoms with Crippen LogP contribution in [0.4, 0.5) is 0 Å². The van der Waals surface area contributed by atoms with Crippen LogP contribution in [0.25, 0.3) is 0 Å². The molecule has 0 saturated carbocycles. The van der Waals surface area contributed by atoms with E-state index in [2.05, 4.69) is 4.74 Å². The predicted molar refractivity (Wildman–Crippen MR) is 45.4 cm³/mol. The molecule has 0 aliphatic rings. The SMILES string of the molecule is CCOC(=O)/C(=C/N(C)C)N([O-])O. The highest BCUT2D eigenvalue weighted by molar-refractivity contribution is 5.87. The quantitative estimate of drug-likeness (QED) is 0.385. The molecule has 6 nitrogen and oxygen atoms in total. The van der Waals surface area contributed by atoms with Crippen molar-refractivity contribution in [1.82, 2.24) is 10.1 Å². The summed E-state index contributed by atoms with van der Waals surface area (Å²) in [5.74, 6) is -0.853.